The molecule has 3 N–H and O–H groups in total. The number of benzene rings is 3. The van der Waals surface area contributed by atoms with Crippen LogP contribution in [0.25, 0.3) is 0 Å². The molecule has 0 amide bonds. The highest BCUT2D eigenvalue weighted by atomic mass is 79.9. The van der Waals surface area contributed by atoms with Crippen molar-refractivity contribution < 1.29 is 19.1 Å². The van der Waals surface area contributed by atoms with E-state index in [1.807, 2.05) is 24.3 Å². The molecule has 1 heterocycles. The molecule has 0 bridgehead atoms. The van der Waals surface area contributed by atoms with Crippen molar-refractivity contribution in [1.82, 2.24) is 0 Å². The van der Waals surface area contributed by atoms with Gasteiger partial charge in [-0.2, -0.15) is 0 Å². The van der Waals surface area contributed by atoms with Crippen LogP contribution < -0.4 is 11.1 Å². The summed E-state index contributed by atoms with van der Waals surface area (Å²) in [6.07, 6.45) is 7.51. The number of halogens is 3. The molecule has 0 unspecified atom stereocenters. The maximum absolute atomic E-state index is 12.8. The van der Waals surface area contributed by atoms with E-state index in [9.17, 15) is 9.59 Å². The summed E-state index contributed by atoms with van der Waals surface area (Å²) in [5.74, 6) is -0.727. The summed E-state index contributed by atoms with van der Waals surface area (Å²) in [6.45, 7) is 1.34. The Kier molecular flexibility index (Phi) is 12.7. The number of carbonyl (C=O) groups excluding carboxylic acids is 2. The largest absolute Gasteiger partial charge is 0.465 e. The molecule has 0 spiro atoms. The third kappa shape index (κ3) is 9.71. The first-order valence-corrected chi connectivity index (χ1v) is 16.1. The second-order valence-corrected chi connectivity index (χ2v) is 12.1. The average Bonchev–Trinajstić information content (AvgIpc) is 2.97. The van der Waals surface area contributed by atoms with Crippen LogP contribution in [0.15, 0.2) is 64.1 Å². The van der Waals surface area contributed by atoms with Crippen molar-refractivity contribution in [2.24, 2.45) is 4.99 Å². The minimum absolute atomic E-state index is 0.106. The van der Waals surface area contributed by atoms with Crippen LogP contribution in [0.5, 0.6) is 0 Å². The molecule has 7 nitrogen and oxygen atoms in total. The molecule has 4 rings (SSSR count). The predicted octanol–water partition coefficient (Wildman–Crippen LogP) is 8.95. The van der Waals surface area contributed by atoms with Crippen molar-refractivity contribution in [2.45, 2.75) is 57.8 Å². The van der Waals surface area contributed by atoms with Crippen LogP contribution in [0.3, 0.4) is 0 Å². The van der Waals surface area contributed by atoms with E-state index in [1.165, 1.54) is 12.8 Å². The van der Waals surface area contributed by atoms with Gasteiger partial charge in [-0.1, -0.05) is 60.3 Å². The smallest absolute Gasteiger partial charge is 0.338 e. The lowest BCUT2D eigenvalue weighted by Gasteiger charge is -2.15. The highest BCUT2D eigenvalue weighted by Gasteiger charge is 2.17. The van der Waals surface area contributed by atoms with E-state index in [2.05, 4.69) is 21.2 Å². The van der Waals surface area contributed by atoms with Gasteiger partial charge in [-0.25, -0.2) is 4.79 Å². The van der Waals surface area contributed by atoms with E-state index in [1.54, 1.807) is 30.3 Å². The molecule has 0 fully saturated rings. The number of esters is 2. The van der Waals surface area contributed by atoms with Gasteiger partial charge in [0.15, 0.2) is 0 Å². The molecule has 0 aliphatic carbocycles. The Hall–Kier alpha value is -3.07. The normalized spacial score (nSPS) is 13.4. The van der Waals surface area contributed by atoms with Gasteiger partial charge in [0, 0.05) is 28.0 Å². The van der Waals surface area contributed by atoms with E-state index < -0.39 is 5.97 Å². The summed E-state index contributed by atoms with van der Waals surface area (Å²) < 4.78 is 11.6. The van der Waals surface area contributed by atoms with Crippen LogP contribution in [0.2, 0.25) is 10.0 Å². The molecule has 3 aromatic rings. The molecule has 0 saturated heterocycles. The first kappa shape index (κ1) is 32.8. The highest BCUT2D eigenvalue weighted by molar-refractivity contribution is 9.10. The summed E-state index contributed by atoms with van der Waals surface area (Å²) in [4.78, 5) is 30.0. The summed E-state index contributed by atoms with van der Waals surface area (Å²) in [5.41, 5.74) is 11.2. The van der Waals surface area contributed by atoms with Crippen LogP contribution in [0, 0.1) is 0 Å². The number of unbranched alkanes of at least 4 members (excludes halogenated alkanes) is 2. The minimum Gasteiger partial charge on any atom is -0.465 e. The second kappa shape index (κ2) is 16.7. The van der Waals surface area contributed by atoms with Crippen LogP contribution in [-0.2, 0) is 20.7 Å². The zero-order valence-corrected chi connectivity index (χ0v) is 27.1. The van der Waals surface area contributed by atoms with Gasteiger partial charge < -0.3 is 20.5 Å². The van der Waals surface area contributed by atoms with E-state index in [0.717, 1.165) is 54.8 Å². The molecule has 3 aromatic carbocycles. The summed E-state index contributed by atoms with van der Waals surface area (Å²) >= 11 is 16.1. The molecule has 0 aromatic heterocycles. The number of para-hydroxylation sites is 2. The highest BCUT2D eigenvalue weighted by Crippen LogP contribution is 2.34. The molecular weight excluding hydrogens is 653 g/mol. The molecule has 1 aliphatic heterocycles. The Morgan fingerprint density at radius 1 is 0.907 bits per heavy atom. The lowest BCUT2D eigenvalue weighted by molar-refractivity contribution is -0.142. The van der Waals surface area contributed by atoms with E-state index in [-0.39, 0.29) is 25.6 Å². The van der Waals surface area contributed by atoms with Crippen molar-refractivity contribution in [3.05, 3.63) is 85.8 Å². The van der Waals surface area contributed by atoms with Gasteiger partial charge >= 0.3 is 11.9 Å². The van der Waals surface area contributed by atoms with Crippen LogP contribution in [-0.4, -0.2) is 37.4 Å². The van der Waals surface area contributed by atoms with Gasteiger partial charge in [0.25, 0.3) is 0 Å². The van der Waals surface area contributed by atoms with Gasteiger partial charge in [0.1, 0.15) is 0 Å². The Bertz CT molecular complexity index is 1440. The Balaban J connectivity index is 1.19. The molecule has 0 saturated carbocycles. The van der Waals surface area contributed by atoms with E-state index >= 15 is 0 Å². The monoisotopic (exact) mass is 687 g/mol. The van der Waals surface area contributed by atoms with E-state index in [0.29, 0.717) is 44.3 Å². The quantitative estimate of drug-likeness (QED) is 0.112. The second-order valence-electron chi connectivity index (χ2n) is 10.4. The number of hydrogen-bond acceptors (Lipinski definition) is 7. The Morgan fingerprint density at radius 3 is 2.42 bits per heavy atom. The molecule has 0 radical (unpaired) electrons. The lowest BCUT2D eigenvalue weighted by atomic mass is 9.98. The molecule has 43 heavy (non-hydrogen) atoms. The van der Waals surface area contributed by atoms with Crippen LogP contribution >= 0.6 is 39.1 Å². The van der Waals surface area contributed by atoms with Crippen molar-refractivity contribution in [2.75, 3.05) is 30.8 Å². The third-order valence-corrected chi connectivity index (χ3v) is 8.45. The predicted molar refractivity (Wildman–Crippen MR) is 178 cm³/mol. The van der Waals surface area contributed by atoms with Gasteiger partial charge in [-0.15, -0.1) is 0 Å². The first-order valence-electron chi connectivity index (χ1n) is 14.6. The third-order valence-electron chi connectivity index (χ3n) is 7.16. The van der Waals surface area contributed by atoms with Crippen molar-refractivity contribution in [1.29, 1.82) is 0 Å². The topological polar surface area (TPSA) is 103 Å². The summed E-state index contributed by atoms with van der Waals surface area (Å²) in [7, 11) is 0. The fourth-order valence-electron chi connectivity index (χ4n) is 4.82. The van der Waals surface area contributed by atoms with Gasteiger partial charge in [0.2, 0.25) is 0 Å². The van der Waals surface area contributed by atoms with Crippen LogP contribution in [0.4, 0.5) is 17.1 Å². The lowest BCUT2D eigenvalue weighted by Crippen LogP contribution is -2.13. The number of hydrogen-bond donors (Lipinski definition) is 2. The number of anilines is 3. The van der Waals surface area contributed by atoms with Crippen molar-refractivity contribution in [3.63, 3.8) is 0 Å². The average molecular weight is 689 g/mol. The van der Waals surface area contributed by atoms with Crippen LogP contribution in [0.1, 0.15) is 72.9 Å². The number of rotatable bonds is 12. The standard InChI is InChI=1S/C33H36BrCl2N3O4/c34-25-20-23(19-24(31(25)37)29-15-4-1-2-7-16-38-29)33(41)43-18-9-3-8-17-42-30(40)21-22-11-5-6-14-28(22)39-32-26(35)12-10-13-27(32)36/h5-6,10-14,19-20,39H,1-4,7-9,15-18,21,37H2. The number of nitrogen functional groups attached to an aromatic ring is 1. The maximum Gasteiger partial charge on any atom is 0.338 e. The first-order chi connectivity index (χ1) is 20.8. The fraction of sp³-hybridized carbons (Fsp3) is 0.364. The Labute approximate surface area is 271 Å². The molecule has 10 heteroatoms. The zero-order chi connectivity index (χ0) is 30.6. The van der Waals surface area contributed by atoms with Gasteiger partial charge in [-0.05, 0) is 90.4 Å². The number of carbonyl (C=O) groups is 2. The van der Waals surface area contributed by atoms with Crippen molar-refractivity contribution >= 4 is 73.8 Å². The molecule has 1 aliphatic rings. The zero-order valence-electron chi connectivity index (χ0n) is 24.0. The number of ether oxygens (including phenoxy) is 2. The summed E-state index contributed by atoms with van der Waals surface area (Å²) in [6, 6.07) is 16.2. The van der Waals surface area contributed by atoms with Gasteiger partial charge in [0.05, 0.1) is 46.6 Å². The van der Waals surface area contributed by atoms with Gasteiger partial charge in [-0.3, -0.25) is 9.79 Å². The summed E-state index contributed by atoms with van der Waals surface area (Å²) in [5, 5.41) is 4.20. The SMILES string of the molecule is Nc1c(Br)cc(C(=O)OCCCCCOC(=O)Cc2ccccc2Nc2c(Cl)cccc2Cl)cc1C1=NCCCCCC1. The minimum atomic E-state index is -0.398. The Morgan fingerprint density at radius 2 is 1.63 bits per heavy atom. The number of nitrogens with two attached hydrogens (primary N) is 1. The van der Waals surface area contributed by atoms with E-state index in [4.69, 9.17) is 43.4 Å². The number of nitrogens with one attached hydrogen (secondary N) is 1. The maximum atomic E-state index is 12.8. The number of aliphatic imine (C=N–C) groups is 1. The fourth-order valence-corrected chi connectivity index (χ4v) is 5.77. The molecule has 228 valence electrons. The number of nitrogens with zero attached hydrogens (tertiary/aromatic N) is 1. The molecule has 0 atom stereocenters. The molecular formula is C33H36BrCl2N3O4. The van der Waals surface area contributed by atoms with Crippen molar-refractivity contribution in [3.8, 4) is 0 Å².